The maximum absolute atomic E-state index is 6.20. The summed E-state index contributed by atoms with van der Waals surface area (Å²) in [4.78, 5) is 2.49. The maximum atomic E-state index is 6.20. The fourth-order valence-corrected chi connectivity index (χ4v) is 3.46. The minimum Gasteiger partial charge on any atom is -0.373 e. The molecule has 0 bridgehead atoms. The van der Waals surface area contributed by atoms with Gasteiger partial charge in [0.1, 0.15) is 0 Å². The molecule has 6 nitrogen and oxygen atoms in total. The predicted octanol–water partition coefficient (Wildman–Crippen LogP) is 0.441. The summed E-state index contributed by atoms with van der Waals surface area (Å²) in [7, 11) is 1.87. The Hall–Kier alpha value is -0.660. The van der Waals surface area contributed by atoms with Crippen molar-refractivity contribution in [1.82, 2.24) is 20.1 Å². The number of nitrogens with zero attached hydrogens (tertiary/aromatic N) is 3. The number of fused-ring (bicyclic) bond motifs is 1. The maximum Gasteiger partial charge on any atom is 0.0925 e. The van der Waals surface area contributed by atoms with Crippen LogP contribution in [-0.4, -0.2) is 46.5 Å². The number of hydrogen-bond donors (Lipinski definition) is 2. The zero-order valence-corrected chi connectivity index (χ0v) is 11.8. The van der Waals surface area contributed by atoms with Crippen molar-refractivity contribution in [1.29, 1.82) is 0 Å². The van der Waals surface area contributed by atoms with E-state index in [1.807, 2.05) is 7.05 Å². The lowest BCUT2D eigenvalue weighted by Crippen LogP contribution is -2.52. The Morgan fingerprint density at radius 2 is 2.47 bits per heavy atom. The second-order valence-electron chi connectivity index (χ2n) is 5.31. The quantitative estimate of drug-likeness (QED) is 0.623. The van der Waals surface area contributed by atoms with Crippen LogP contribution in [0.5, 0.6) is 0 Å². The van der Waals surface area contributed by atoms with Gasteiger partial charge in [-0.25, -0.2) is 5.43 Å². The molecule has 3 N–H and O–H groups in total. The number of hydrazine groups is 1. The molecule has 106 valence electrons. The molecule has 19 heavy (non-hydrogen) atoms. The Morgan fingerprint density at radius 1 is 1.63 bits per heavy atom. The lowest BCUT2D eigenvalue weighted by atomic mass is 10.0. The lowest BCUT2D eigenvalue weighted by molar-refractivity contribution is -0.0663. The molecular weight excluding hydrogens is 266 g/mol. The first-order valence-electron chi connectivity index (χ1n) is 6.70. The smallest absolute Gasteiger partial charge is 0.0925 e. The van der Waals surface area contributed by atoms with Gasteiger partial charge in [0.25, 0.3) is 0 Å². The summed E-state index contributed by atoms with van der Waals surface area (Å²) in [6.45, 7) is 2.82. The normalized spacial score (nSPS) is 29.4. The Balaban J connectivity index is 1.79. The van der Waals surface area contributed by atoms with E-state index in [0.717, 1.165) is 25.4 Å². The molecule has 0 saturated carbocycles. The lowest BCUT2D eigenvalue weighted by Gasteiger charge is -2.38. The summed E-state index contributed by atoms with van der Waals surface area (Å²) in [5.74, 6) is 5.72. The molecule has 3 atom stereocenters. The van der Waals surface area contributed by atoms with Crippen LogP contribution in [0.2, 0.25) is 5.02 Å². The van der Waals surface area contributed by atoms with Crippen LogP contribution < -0.4 is 11.3 Å². The van der Waals surface area contributed by atoms with Gasteiger partial charge < -0.3 is 4.74 Å². The molecule has 0 radical (unpaired) electrons. The minimum atomic E-state index is -0.137. The summed E-state index contributed by atoms with van der Waals surface area (Å²) in [6, 6.07) is 0.443. The highest BCUT2D eigenvalue weighted by atomic mass is 35.5. The standard InChI is InChI=1S/C12H20ClN5O/c1-17-12(9(13)5-15-17)11(16-14)10-6-18-4-2-3-8(18)7-19-10/h5,8,10-11,16H,2-4,6-7,14H2,1H3. The average molecular weight is 286 g/mol. The van der Waals surface area contributed by atoms with E-state index in [1.54, 1.807) is 10.9 Å². The van der Waals surface area contributed by atoms with Gasteiger partial charge in [0, 0.05) is 19.6 Å². The number of aryl methyl sites for hydroxylation is 1. The molecule has 3 rings (SSSR count). The van der Waals surface area contributed by atoms with Gasteiger partial charge in [0.05, 0.1) is 35.7 Å². The molecule has 0 aliphatic carbocycles. The van der Waals surface area contributed by atoms with Gasteiger partial charge in [0.15, 0.2) is 0 Å². The van der Waals surface area contributed by atoms with Crippen LogP contribution in [0.1, 0.15) is 24.6 Å². The summed E-state index contributed by atoms with van der Waals surface area (Å²) in [5.41, 5.74) is 3.72. The second kappa shape index (κ2) is 5.38. The summed E-state index contributed by atoms with van der Waals surface area (Å²) >= 11 is 6.20. The number of rotatable bonds is 3. The van der Waals surface area contributed by atoms with Crippen molar-refractivity contribution < 1.29 is 4.74 Å². The fourth-order valence-electron chi connectivity index (χ4n) is 3.18. The first-order valence-corrected chi connectivity index (χ1v) is 7.07. The van der Waals surface area contributed by atoms with Gasteiger partial charge in [0.2, 0.25) is 0 Å². The van der Waals surface area contributed by atoms with E-state index in [1.165, 1.54) is 12.8 Å². The fraction of sp³-hybridized carbons (Fsp3) is 0.750. The van der Waals surface area contributed by atoms with Crippen molar-refractivity contribution in [3.05, 3.63) is 16.9 Å². The molecular formula is C12H20ClN5O. The molecule has 2 aliphatic rings. The van der Waals surface area contributed by atoms with Crippen molar-refractivity contribution in [3.8, 4) is 0 Å². The molecule has 1 aromatic rings. The van der Waals surface area contributed by atoms with Crippen LogP contribution in [-0.2, 0) is 11.8 Å². The second-order valence-corrected chi connectivity index (χ2v) is 5.72. The van der Waals surface area contributed by atoms with E-state index in [0.29, 0.717) is 11.1 Å². The van der Waals surface area contributed by atoms with Crippen molar-refractivity contribution in [2.75, 3.05) is 19.7 Å². The van der Waals surface area contributed by atoms with E-state index < -0.39 is 0 Å². The molecule has 0 aromatic carbocycles. The van der Waals surface area contributed by atoms with Gasteiger partial charge in [-0.05, 0) is 19.4 Å². The molecule has 2 aliphatic heterocycles. The molecule has 2 saturated heterocycles. The van der Waals surface area contributed by atoms with E-state index in [9.17, 15) is 0 Å². The molecule has 3 heterocycles. The molecule has 0 amide bonds. The first-order chi connectivity index (χ1) is 9.20. The highest BCUT2D eigenvalue weighted by Gasteiger charge is 2.37. The predicted molar refractivity (Wildman–Crippen MR) is 72.6 cm³/mol. The average Bonchev–Trinajstić information content (AvgIpc) is 3.00. The molecule has 3 unspecified atom stereocenters. The zero-order valence-electron chi connectivity index (χ0n) is 11.1. The van der Waals surface area contributed by atoms with Gasteiger partial charge >= 0.3 is 0 Å². The molecule has 1 aromatic heterocycles. The monoisotopic (exact) mass is 285 g/mol. The minimum absolute atomic E-state index is 0.00671. The van der Waals surface area contributed by atoms with Gasteiger partial charge in [-0.2, -0.15) is 5.10 Å². The number of nitrogens with one attached hydrogen (secondary N) is 1. The van der Waals surface area contributed by atoms with Gasteiger partial charge in [-0.15, -0.1) is 0 Å². The topological polar surface area (TPSA) is 68.3 Å². The Bertz CT molecular complexity index is 432. The number of hydrogen-bond acceptors (Lipinski definition) is 5. The third-order valence-electron chi connectivity index (χ3n) is 4.20. The first kappa shape index (κ1) is 13.3. The number of halogens is 1. The third kappa shape index (κ3) is 2.39. The summed E-state index contributed by atoms with van der Waals surface area (Å²) < 4.78 is 7.75. The van der Waals surface area contributed by atoms with E-state index in [-0.39, 0.29) is 12.1 Å². The summed E-state index contributed by atoms with van der Waals surface area (Å²) in [6.07, 6.45) is 4.14. The van der Waals surface area contributed by atoms with E-state index in [4.69, 9.17) is 22.2 Å². The molecule has 2 fully saturated rings. The van der Waals surface area contributed by atoms with Crippen LogP contribution in [0.4, 0.5) is 0 Å². The number of aromatic nitrogens is 2. The van der Waals surface area contributed by atoms with Crippen LogP contribution in [0, 0.1) is 0 Å². The Kier molecular flexibility index (Phi) is 3.77. The van der Waals surface area contributed by atoms with Crippen LogP contribution in [0.3, 0.4) is 0 Å². The zero-order chi connectivity index (χ0) is 13.4. The molecule has 7 heteroatoms. The Labute approximate surface area is 117 Å². The Morgan fingerprint density at radius 3 is 3.16 bits per heavy atom. The van der Waals surface area contributed by atoms with Crippen molar-refractivity contribution in [2.24, 2.45) is 12.9 Å². The summed E-state index contributed by atoms with van der Waals surface area (Å²) in [5, 5.41) is 4.79. The van der Waals surface area contributed by atoms with Gasteiger partial charge in [-0.1, -0.05) is 11.6 Å². The molecule has 0 spiro atoms. The van der Waals surface area contributed by atoms with Gasteiger partial charge in [-0.3, -0.25) is 15.4 Å². The SMILES string of the molecule is Cn1ncc(Cl)c1C(NN)C1CN2CCCC2CO1. The number of ether oxygens (including phenoxy) is 1. The largest absolute Gasteiger partial charge is 0.373 e. The number of morpholine rings is 1. The van der Waals surface area contributed by atoms with Crippen molar-refractivity contribution in [3.63, 3.8) is 0 Å². The number of nitrogens with two attached hydrogens (primary N) is 1. The van der Waals surface area contributed by atoms with E-state index in [2.05, 4.69) is 15.4 Å². The van der Waals surface area contributed by atoms with Crippen LogP contribution in [0.15, 0.2) is 6.20 Å². The highest BCUT2D eigenvalue weighted by molar-refractivity contribution is 6.31. The van der Waals surface area contributed by atoms with E-state index >= 15 is 0 Å². The highest BCUT2D eigenvalue weighted by Crippen LogP contribution is 2.30. The van der Waals surface area contributed by atoms with Crippen molar-refractivity contribution in [2.45, 2.75) is 31.0 Å². The van der Waals surface area contributed by atoms with Crippen LogP contribution in [0.25, 0.3) is 0 Å². The van der Waals surface area contributed by atoms with Crippen LogP contribution >= 0.6 is 11.6 Å². The third-order valence-corrected chi connectivity index (χ3v) is 4.49. The van der Waals surface area contributed by atoms with Crippen molar-refractivity contribution >= 4 is 11.6 Å².